The summed E-state index contributed by atoms with van der Waals surface area (Å²) in [6.45, 7) is 4.27. The number of pyridine rings is 1. The Labute approximate surface area is 90.4 Å². The number of hydrogen-bond donors (Lipinski definition) is 0. The molecule has 0 bridgehead atoms. The minimum absolute atomic E-state index is 0.386. The van der Waals surface area contributed by atoms with E-state index in [1.165, 1.54) is 0 Å². The third-order valence-electron chi connectivity index (χ3n) is 2.53. The van der Waals surface area contributed by atoms with Crippen molar-refractivity contribution < 1.29 is 9.47 Å². The SMILES string of the molecule is COc1cncc(OC2CC2)c1C(C)C. The summed E-state index contributed by atoms with van der Waals surface area (Å²) in [7, 11) is 1.67. The van der Waals surface area contributed by atoms with E-state index in [0.29, 0.717) is 12.0 Å². The molecule has 3 nitrogen and oxygen atoms in total. The van der Waals surface area contributed by atoms with E-state index in [2.05, 4.69) is 18.8 Å². The highest BCUT2D eigenvalue weighted by atomic mass is 16.5. The monoisotopic (exact) mass is 207 g/mol. The third kappa shape index (κ3) is 2.22. The summed E-state index contributed by atoms with van der Waals surface area (Å²) >= 11 is 0. The van der Waals surface area contributed by atoms with Gasteiger partial charge in [0.15, 0.2) is 0 Å². The van der Waals surface area contributed by atoms with Crippen molar-refractivity contribution in [1.82, 2.24) is 4.98 Å². The highest BCUT2D eigenvalue weighted by molar-refractivity contribution is 5.44. The summed E-state index contributed by atoms with van der Waals surface area (Å²) in [5.74, 6) is 2.09. The first-order chi connectivity index (χ1) is 7.22. The maximum atomic E-state index is 5.82. The van der Waals surface area contributed by atoms with Gasteiger partial charge in [-0.2, -0.15) is 0 Å². The molecule has 15 heavy (non-hydrogen) atoms. The van der Waals surface area contributed by atoms with E-state index >= 15 is 0 Å². The van der Waals surface area contributed by atoms with Crippen molar-refractivity contribution in [3.8, 4) is 11.5 Å². The second-order valence-corrected chi connectivity index (χ2v) is 4.23. The Kier molecular flexibility index (Phi) is 2.80. The lowest BCUT2D eigenvalue weighted by molar-refractivity contribution is 0.293. The Morgan fingerprint density at radius 1 is 1.27 bits per heavy atom. The van der Waals surface area contributed by atoms with Crippen LogP contribution in [0, 0.1) is 0 Å². The normalized spacial score (nSPS) is 15.5. The Morgan fingerprint density at radius 2 is 1.93 bits per heavy atom. The molecule has 2 rings (SSSR count). The van der Waals surface area contributed by atoms with Gasteiger partial charge in [-0.15, -0.1) is 0 Å². The van der Waals surface area contributed by atoms with Crippen LogP contribution >= 0.6 is 0 Å². The first kappa shape index (κ1) is 10.3. The van der Waals surface area contributed by atoms with Gasteiger partial charge >= 0.3 is 0 Å². The molecular formula is C12H17NO2. The predicted octanol–water partition coefficient (Wildman–Crippen LogP) is 2.75. The molecule has 1 saturated carbocycles. The van der Waals surface area contributed by atoms with Crippen LogP contribution in [0.1, 0.15) is 38.2 Å². The van der Waals surface area contributed by atoms with Crippen LogP contribution in [0.3, 0.4) is 0 Å². The third-order valence-corrected chi connectivity index (χ3v) is 2.53. The van der Waals surface area contributed by atoms with Crippen LogP contribution in [-0.4, -0.2) is 18.2 Å². The highest BCUT2D eigenvalue weighted by Crippen LogP contribution is 2.37. The number of ether oxygens (including phenoxy) is 2. The van der Waals surface area contributed by atoms with E-state index < -0.39 is 0 Å². The minimum Gasteiger partial charge on any atom is -0.495 e. The fraction of sp³-hybridized carbons (Fsp3) is 0.583. The Bertz CT molecular complexity index is 345. The summed E-state index contributed by atoms with van der Waals surface area (Å²) in [6.07, 6.45) is 6.26. The summed E-state index contributed by atoms with van der Waals surface area (Å²) in [4.78, 5) is 4.13. The van der Waals surface area contributed by atoms with Gasteiger partial charge < -0.3 is 9.47 Å². The lowest BCUT2D eigenvalue weighted by Crippen LogP contribution is -2.03. The average molecular weight is 207 g/mol. The van der Waals surface area contributed by atoms with Crippen molar-refractivity contribution in [2.45, 2.75) is 38.7 Å². The molecule has 1 aliphatic carbocycles. The summed E-state index contributed by atoms with van der Waals surface area (Å²) in [6, 6.07) is 0. The van der Waals surface area contributed by atoms with Crippen LogP contribution in [0.4, 0.5) is 0 Å². The van der Waals surface area contributed by atoms with Crippen LogP contribution in [-0.2, 0) is 0 Å². The van der Waals surface area contributed by atoms with Crippen LogP contribution in [0.2, 0.25) is 0 Å². The van der Waals surface area contributed by atoms with Crippen LogP contribution in [0.25, 0.3) is 0 Å². The molecule has 0 radical (unpaired) electrons. The van der Waals surface area contributed by atoms with Gasteiger partial charge in [0.25, 0.3) is 0 Å². The zero-order valence-corrected chi connectivity index (χ0v) is 9.49. The molecule has 1 aromatic heterocycles. The first-order valence-corrected chi connectivity index (χ1v) is 5.41. The van der Waals surface area contributed by atoms with Crippen molar-refractivity contribution in [2.75, 3.05) is 7.11 Å². The van der Waals surface area contributed by atoms with Gasteiger partial charge in [0.2, 0.25) is 0 Å². The lowest BCUT2D eigenvalue weighted by Gasteiger charge is -2.16. The molecule has 1 aliphatic rings. The molecule has 1 heterocycles. The maximum absolute atomic E-state index is 5.82. The quantitative estimate of drug-likeness (QED) is 0.760. The predicted molar refractivity (Wildman–Crippen MR) is 58.5 cm³/mol. The van der Waals surface area contributed by atoms with E-state index in [-0.39, 0.29) is 0 Å². The number of nitrogens with zero attached hydrogens (tertiary/aromatic N) is 1. The molecule has 0 aromatic carbocycles. The van der Waals surface area contributed by atoms with E-state index in [1.54, 1.807) is 19.5 Å². The number of rotatable bonds is 4. The van der Waals surface area contributed by atoms with Gasteiger partial charge in [-0.1, -0.05) is 13.8 Å². The molecule has 0 unspecified atom stereocenters. The van der Waals surface area contributed by atoms with Crippen molar-refractivity contribution in [2.24, 2.45) is 0 Å². The molecule has 0 aliphatic heterocycles. The first-order valence-electron chi connectivity index (χ1n) is 5.41. The summed E-state index contributed by atoms with van der Waals surface area (Å²) in [5, 5.41) is 0. The van der Waals surface area contributed by atoms with E-state index in [0.717, 1.165) is 29.9 Å². The van der Waals surface area contributed by atoms with E-state index in [1.807, 2.05) is 0 Å². The number of aromatic nitrogens is 1. The van der Waals surface area contributed by atoms with Crippen molar-refractivity contribution in [3.63, 3.8) is 0 Å². The van der Waals surface area contributed by atoms with Crippen LogP contribution in [0.5, 0.6) is 11.5 Å². The molecule has 0 N–H and O–H groups in total. The van der Waals surface area contributed by atoms with Crippen molar-refractivity contribution in [3.05, 3.63) is 18.0 Å². The summed E-state index contributed by atoms with van der Waals surface area (Å²) in [5.41, 5.74) is 1.12. The molecule has 3 heteroatoms. The molecule has 1 aromatic rings. The maximum Gasteiger partial charge on any atom is 0.145 e. The van der Waals surface area contributed by atoms with Crippen molar-refractivity contribution in [1.29, 1.82) is 0 Å². The zero-order valence-electron chi connectivity index (χ0n) is 9.49. The van der Waals surface area contributed by atoms with E-state index in [4.69, 9.17) is 9.47 Å². The molecule has 1 fully saturated rings. The van der Waals surface area contributed by atoms with Gasteiger partial charge in [-0.3, -0.25) is 4.98 Å². The second-order valence-electron chi connectivity index (χ2n) is 4.23. The number of methoxy groups -OCH3 is 1. The average Bonchev–Trinajstić information content (AvgIpc) is 3.01. The van der Waals surface area contributed by atoms with Crippen LogP contribution < -0.4 is 9.47 Å². The molecule has 82 valence electrons. The van der Waals surface area contributed by atoms with Gasteiger partial charge in [0.05, 0.1) is 25.6 Å². The topological polar surface area (TPSA) is 31.4 Å². The fourth-order valence-electron chi connectivity index (χ4n) is 1.62. The standard InChI is InChI=1S/C12H17NO2/c1-8(2)12-10(14-3)6-13-7-11(12)15-9-4-5-9/h6-9H,4-5H2,1-3H3. The smallest absolute Gasteiger partial charge is 0.145 e. The summed E-state index contributed by atoms with van der Waals surface area (Å²) < 4.78 is 11.1. The minimum atomic E-state index is 0.386. The van der Waals surface area contributed by atoms with Gasteiger partial charge in [0.1, 0.15) is 11.5 Å². The van der Waals surface area contributed by atoms with Crippen LogP contribution in [0.15, 0.2) is 12.4 Å². The second kappa shape index (κ2) is 4.09. The molecule has 0 amide bonds. The Hall–Kier alpha value is -1.25. The largest absolute Gasteiger partial charge is 0.495 e. The van der Waals surface area contributed by atoms with Gasteiger partial charge in [-0.25, -0.2) is 0 Å². The molecule has 0 saturated heterocycles. The van der Waals surface area contributed by atoms with Gasteiger partial charge in [0, 0.05) is 5.56 Å². The Morgan fingerprint density at radius 3 is 2.47 bits per heavy atom. The van der Waals surface area contributed by atoms with E-state index in [9.17, 15) is 0 Å². The Balaban J connectivity index is 2.32. The molecule has 0 atom stereocenters. The lowest BCUT2D eigenvalue weighted by atomic mass is 10.0. The zero-order chi connectivity index (χ0) is 10.8. The fourth-order valence-corrected chi connectivity index (χ4v) is 1.62. The highest BCUT2D eigenvalue weighted by Gasteiger charge is 2.26. The molecule has 0 spiro atoms. The van der Waals surface area contributed by atoms with Gasteiger partial charge in [-0.05, 0) is 18.8 Å². The molecular weight excluding hydrogens is 190 g/mol. The van der Waals surface area contributed by atoms with Crippen molar-refractivity contribution >= 4 is 0 Å². The number of hydrogen-bond acceptors (Lipinski definition) is 3.